The number of carbonyl (C=O) groups is 2. The maximum absolute atomic E-state index is 10.8. The van der Waals surface area contributed by atoms with Crippen molar-refractivity contribution >= 4 is 29.5 Å². The number of hydrogen-bond donors (Lipinski definition) is 5. The van der Waals surface area contributed by atoms with Crippen molar-refractivity contribution in [3.05, 3.63) is 57.6 Å². The van der Waals surface area contributed by atoms with Crippen LogP contribution in [0.2, 0.25) is 0 Å². The first kappa shape index (κ1) is 41.0. The van der Waals surface area contributed by atoms with Gasteiger partial charge in [0, 0.05) is 18.2 Å². The number of aliphatic hydroxyl groups excluding tert-OH is 1. The Kier molecular flexibility index (Phi) is 15.3. The highest BCUT2D eigenvalue weighted by atomic mass is 32.1. The topological polar surface area (TPSA) is 135 Å². The lowest BCUT2D eigenvalue weighted by molar-refractivity contribution is -0.138. The van der Waals surface area contributed by atoms with Crippen LogP contribution < -0.4 is 0 Å². The van der Waals surface area contributed by atoms with E-state index in [4.69, 9.17) is 15.3 Å². The Balaban J connectivity index is 0.000000749. The van der Waals surface area contributed by atoms with Crippen molar-refractivity contribution in [3.8, 4) is 11.5 Å². The van der Waals surface area contributed by atoms with Crippen molar-refractivity contribution in [1.29, 1.82) is 0 Å². The second-order valence-corrected chi connectivity index (χ2v) is 15.5. The highest BCUT2D eigenvalue weighted by molar-refractivity contribution is 7.79. The molecule has 0 saturated heterocycles. The van der Waals surface area contributed by atoms with Crippen LogP contribution in [0.25, 0.3) is 0 Å². The predicted octanol–water partition coefficient (Wildman–Crippen LogP) is 7.99. The van der Waals surface area contributed by atoms with Gasteiger partial charge in [-0.3, -0.25) is 9.59 Å². The molecule has 0 spiro atoms. The second-order valence-electron chi connectivity index (χ2n) is 15.2. The molecule has 2 aromatic rings. The summed E-state index contributed by atoms with van der Waals surface area (Å²) < 4.78 is 0. The van der Waals surface area contributed by atoms with Crippen LogP contribution in [0, 0.1) is 0 Å². The molecule has 44 heavy (non-hydrogen) atoms. The van der Waals surface area contributed by atoms with Gasteiger partial charge in [0.25, 0.3) is 0 Å². The highest BCUT2D eigenvalue weighted by Gasteiger charge is 2.27. The van der Waals surface area contributed by atoms with Gasteiger partial charge in [-0.1, -0.05) is 120 Å². The van der Waals surface area contributed by atoms with Gasteiger partial charge in [-0.25, -0.2) is 0 Å². The van der Waals surface area contributed by atoms with Crippen LogP contribution in [0.1, 0.15) is 129 Å². The molecule has 0 saturated carbocycles. The normalized spacial score (nSPS) is 11.9. The number of hydrogen-bond acceptors (Lipinski definition) is 6. The molecule has 0 aliphatic rings. The fraction of sp³-hybridized carbons (Fsp3) is 0.583. The number of benzene rings is 2. The molecule has 0 aromatic heterocycles. The maximum atomic E-state index is 10.8. The van der Waals surface area contributed by atoms with Crippen molar-refractivity contribution in [3.63, 3.8) is 0 Å². The van der Waals surface area contributed by atoms with Crippen molar-refractivity contribution in [2.45, 2.75) is 130 Å². The summed E-state index contributed by atoms with van der Waals surface area (Å²) in [7, 11) is 0. The number of carboxylic acids is 2. The number of carboxylic acid groups (broad SMARTS) is 2. The summed E-state index contributed by atoms with van der Waals surface area (Å²) in [6.45, 7) is 24.6. The second kappa shape index (κ2) is 16.4. The minimum Gasteiger partial charge on any atom is -0.507 e. The van der Waals surface area contributed by atoms with Gasteiger partial charge in [-0.05, 0) is 67.9 Å². The number of aryl methyl sites for hydroxylation is 2. The third-order valence-electron chi connectivity index (χ3n) is 6.90. The molecule has 248 valence electrons. The van der Waals surface area contributed by atoms with Gasteiger partial charge >= 0.3 is 11.9 Å². The molecule has 0 aliphatic carbocycles. The summed E-state index contributed by atoms with van der Waals surface area (Å²) in [6, 6.07) is 7.75. The van der Waals surface area contributed by atoms with Gasteiger partial charge in [0.15, 0.2) is 0 Å². The molecule has 0 fully saturated rings. The molecule has 2 aromatic carbocycles. The molecule has 8 heteroatoms. The van der Waals surface area contributed by atoms with E-state index < -0.39 is 11.9 Å². The Morgan fingerprint density at radius 2 is 0.795 bits per heavy atom. The van der Waals surface area contributed by atoms with Gasteiger partial charge < -0.3 is 25.5 Å². The fourth-order valence-corrected chi connectivity index (χ4v) is 4.47. The predicted molar refractivity (Wildman–Crippen MR) is 184 cm³/mol. The first-order valence-corrected chi connectivity index (χ1v) is 15.5. The standard InChI is InChI=1S/2C17H26O3.C2H4OS/c2*1-16(2,3)12-9-11(7-8-14(18)19)10-13(15(12)20)17(4,5)6;3-1-2-4/h2*9-10,20H,7-8H2,1-6H3,(H,18,19);2-3H,1H2. The largest absolute Gasteiger partial charge is 0.507 e. The monoisotopic (exact) mass is 632 g/mol. The molecule has 0 amide bonds. The van der Waals surface area contributed by atoms with E-state index in [1.807, 2.05) is 24.3 Å². The van der Waals surface area contributed by atoms with Crippen LogP contribution in [-0.4, -0.2) is 49.4 Å². The minimum absolute atomic E-state index is 0.00926. The zero-order valence-corrected chi connectivity index (χ0v) is 29.7. The van der Waals surface area contributed by atoms with Gasteiger partial charge in [0.05, 0.1) is 6.61 Å². The maximum Gasteiger partial charge on any atom is 0.303 e. The summed E-state index contributed by atoms with van der Waals surface area (Å²) in [4.78, 5) is 21.5. The Morgan fingerprint density at radius 3 is 0.932 bits per heavy atom. The molecule has 2 rings (SSSR count). The lowest BCUT2D eigenvalue weighted by Gasteiger charge is -2.28. The number of aliphatic hydroxyl groups is 1. The Bertz CT molecular complexity index is 1100. The lowest BCUT2D eigenvalue weighted by atomic mass is 9.78. The summed E-state index contributed by atoms with van der Waals surface area (Å²) in [5, 5.41) is 47.7. The molecule has 5 N–H and O–H groups in total. The third kappa shape index (κ3) is 13.8. The number of thiocarbonyl (C=S) groups is 1. The van der Waals surface area contributed by atoms with Crippen molar-refractivity contribution in [2.75, 3.05) is 6.61 Å². The van der Waals surface area contributed by atoms with Crippen molar-refractivity contribution in [2.24, 2.45) is 0 Å². The number of rotatable bonds is 7. The highest BCUT2D eigenvalue weighted by Crippen LogP contribution is 2.41. The van der Waals surface area contributed by atoms with Crippen LogP contribution in [0.15, 0.2) is 24.3 Å². The van der Waals surface area contributed by atoms with Gasteiger partial charge in [-0.15, -0.1) is 0 Å². The zero-order valence-electron chi connectivity index (χ0n) is 28.9. The molecular formula is C36H56O7S. The molecular weight excluding hydrogens is 576 g/mol. The Hall–Kier alpha value is -2.97. The van der Waals surface area contributed by atoms with Gasteiger partial charge in [0.2, 0.25) is 0 Å². The van der Waals surface area contributed by atoms with E-state index in [0.29, 0.717) is 24.3 Å². The number of phenolic OH excluding ortho intramolecular Hbond substituents is 2. The van der Waals surface area contributed by atoms with Crippen LogP contribution in [0.3, 0.4) is 0 Å². The number of aromatic hydroxyl groups is 2. The van der Waals surface area contributed by atoms with Crippen molar-refractivity contribution in [1.82, 2.24) is 0 Å². The van der Waals surface area contributed by atoms with E-state index in [9.17, 15) is 19.8 Å². The SMILES string of the molecule is CC(C)(C)c1cc(CCC(=O)O)cc(C(C)(C)C)c1O.CC(C)(C)c1cc(CCC(=O)O)cc(C(C)(C)C)c1O.OCC=S. The first-order valence-electron chi connectivity index (χ1n) is 15.0. The zero-order chi connectivity index (χ0) is 34.8. The molecule has 0 radical (unpaired) electrons. The summed E-state index contributed by atoms with van der Waals surface area (Å²) in [5.74, 6) is -0.923. The summed E-state index contributed by atoms with van der Waals surface area (Å²) in [5.41, 5.74) is 4.76. The molecule has 0 atom stereocenters. The molecule has 0 bridgehead atoms. The Labute approximate surface area is 270 Å². The van der Waals surface area contributed by atoms with E-state index in [1.165, 1.54) is 5.37 Å². The van der Waals surface area contributed by atoms with Gasteiger partial charge in [0.1, 0.15) is 11.5 Å². The van der Waals surface area contributed by atoms with Crippen LogP contribution in [-0.2, 0) is 44.1 Å². The lowest BCUT2D eigenvalue weighted by Crippen LogP contribution is -2.18. The summed E-state index contributed by atoms with van der Waals surface area (Å²) >= 11 is 4.18. The molecule has 0 unspecified atom stereocenters. The quantitative estimate of drug-likeness (QED) is 0.194. The smallest absolute Gasteiger partial charge is 0.303 e. The summed E-state index contributed by atoms with van der Waals surface area (Å²) in [6.07, 6.45) is 1.19. The van der Waals surface area contributed by atoms with Crippen molar-refractivity contribution < 1.29 is 35.1 Å². The van der Waals surface area contributed by atoms with Crippen LogP contribution >= 0.6 is 12.2 Å². The van der Waals surface area contributed by atoms with E-state index in [0.717, 1.165) is 33.4 Å². The van der Waals surface area contributed by atoms with Crippen LogP contribution in [0.5, 0.6) is 11.5 Å². The average Bonchev–Trinajstić information content (AvgIpc) is 2.85. The average molecular weight is 633 g/mol. The fourth-order valence-electron chi connectivity index (χ4n) is 4.47. The van der Waals surface area contributed by atoms with E-state index in [2.05, 4.69) is 95.3 Å². The molecule has 7 nitrogen and oxygen atoms in total. The third-order valence-corrected chi connectivity index (χ3v) is 7.05. The van der Waals surface area contributed by atoms with E-state index in [1.54, 1.807) is 0 Å². The Morgan fingerprint density at radius 1 is 0.591 bits per heavy atom. The van der Waals surface area contributed by atoms with E-state index >= 15 is 0 Å². The minimum atomic E-state index is -0.798. The van der Waals surface area contributed by atoms with E-state index in [-0.39, 0.29) is 41.1 Å². The first-order chi connectivity index (χ1) is 19.8. The number of phenols is 2. The molecule has 0 heterocycles. The van der Waals surface area contributed by atoms with Gasteiger partial charge in [-0.2, -0.15) is 0 Å². The van der Waals surface area contributed by atoms with Crippen LogP contribution in [0.4, 0.5) is 0 Å². The number of aliphatic carboxylic acids is 2. The molecule has 0 aliphatic heterocycles.